The quantitative estimate of drug-likeness (QED) is 0.784. The number of piperazine rings is 1. The van der Waals surface area contributed by atoms with Crippen LogP contribution < -0.4 is 15.1 Å². The largest absolute Gasteiger partial charge is 0.385 e. The minimum absolute atomic E-state index is 0.0380. The number of amides is 1. The van der Waals surface area contributed by atoms with Crippen LogP contribution in [0.4, 0.5) is 11.4 Å². The molecule has 1 amide bonds. The smallest absolute Gasteiger partial charge is 0.225 e. The Kier molecular flexibility index (Phi) is 5.81. The van der Waals surface area contributed by atoms with Crippen molar-refractivity contribution in [1.82, 2.24) is 5.32 Å². The zero-order valence-electron chi connectivity index (χ0n) is 16.5. The van der Waals surface area contributed by atoms with Gasteiger partial charge in [-0.05, 0) is 36.6 Å². The maximum atomic E-state index is 13.1. The van der Waals surface area contributed by atoms with Gasteiger partial charge in [-0.1, -0.05) is 36.4 Å². The summed E-state index contributed by atoms with van der Waals surface area (Å²) in [6.07, 6.45) is 1.64. The van der Waals surface area contributed by atoms with Gasteiger partial charge >= 0.3 is 0 Å². The highest BCUT2D eigenvalue weighted by Gasteiger charge is 2.41. The van der Waals surface area contributed by atoms with Crippen LogP contribution in [0.1, 0.15) is 12.0 Å². The molecule has 28 heavy (non-hydrogen) atoms. The molecule has 1 fully saturated rings. The molecule has 2 aliphatic rings. The van der Waals surface area contributed by atoms with Crippen LogP contribution in [-0.2, 0) is 16.0 Å². The number of ether oxygens (including phenoxy) is 1. The Bertz CT molecular complexity index is 795. The highest BCUT2D eigenvalue weighted by Crippen LogP contribution is 2.36. The molecule has 4 rings (SSSR count). The summed E-state index contributed by atoms with van der Waals surface area (Å²) < 4.78 is 5.10. The van der Waals surface area contributed by atoms with E-state index in [0.29, 0.717) is 13.2 Å². The van der Waals surface area contributed by atoms with Crippen molar-refractivity contribution < 1.29 is 9.53 Å². The Labute approximate surface area is 167 Å². The lowest BCUT2D eigenvalue weighted by molar-refractivity contribution is -0.125. The van der Waals surface area contributed by atoms with Crippen molar-refractivity contribution in [3.63, 3.8) is 0 Å². The van der Waals surface area contributed by atoms with Crippen molar-refractivity contribution in [2.75, 3.05) is 49.7 Å². The number of nitrogens with zero attached hydrogens (tertiary/aromatic N) is 2. The number of hydrogen-bond donors (Lipinski definition) is 1. The summed E-state index contributed by atoms with van der Waals surface area (Å²) in [4.78, 5) is 17.9. The number of hydrogen-bond acceptors (Lipinski definition) is 4. The van der Waals surface area contributed by atoms with Crippen LogP contribution >= 0.6 is 0 Å². The SMILES string of the molecule is COCCCNC(=O)[C@H]1Cc2ccccc2N2CCN(c3ccccc3)C[C@H]12. The van der Waals surface area contributed by atoms with Crippen molar-refractivity contribution in [3.8, 4) is 0 Å². The number of carbonyl (C=O) groups excluding carboxylic acids is 1. The zero-order chi connectivity index (χ0) is 19.3. The molecule has 5 heteroatoms. The fourth-order valence-electron chi connectivity index (χ4n) is 4.49. The number of anilines is 2. The van der Waals surface area contributed by atoms with Gasteiger partial charge in [0.1, 0.15) is 0 Å². The molecular weight excluding hydrogens is 350 g/mol. The normalized spacial score (nSPS) is 21.0. The van der Waals surface area contributed by atoms with Crippen LogP contribution in [0.5, 0.6) is 0 Å². The summed E-state index contributed by atoms with van der Waals surface area (Å²) in [6.45, 7) is 4.11. The van der Waals surface area contributed by atoms with Gasteiger partial charge in [0, 0.05) is 51.3 Å². The summed E-state index contributed by atoms with van der Waals surface area (Å²) in [6, 6.07) is 19.3. The first-order chi connectivity index (χ1) is 13.8. The predicted octanol–water partition coefficient (Wildman–Crippen LogP) is 2.71. The Morgan fingerprint density at radius 3 is 2.71 bits per heavy atom. The molecule has 1 N–H and O–H groups in total. The third kappa shape index (κ3) is 3.85. The van der Waals surface area contributed by atoms with E-state index < -0.39 is 0 Å². The standard InChI is InChI=1S/C23H29N3O2/c1-28-15-7-12-24-23(27)20-16-18-8-5-6-11-21(18)26-14-13-25(17-22(20)26)19-9-3-2-4-10-19/h2-6,8-11,20,22H,7,12-17H2,1H3,(H,24,27)/t20-,22+/m0/s1. The molecule has 0 spiro atoms. The number of nitrogens with one attached hydrogen (secondary N) is 1. The number of carbonyl (C=O) groups is 1. The van der Waals surface area contributed by atoms with Crippen molar-refractivity contribution >= 4 is 17.3 Å². The maximum absolute atomic E-state index is 13.1. The summed E-state index contributed by atoms with van der Waals surface area (Å²) >= 11 is 0. The minimum atomic E-state index is -0.0380. The van der Waals surface area contributed by atoms with Crippen LogP contribution in [0.2, 0.25) is 0 Å². The highest BCUT2D eigenvalue weighted by atomic mass is 16.5. The first-order valence-electron chi connectivity index (χ1n) is 10.2. The van der Waals surface area contributed by atoms with Gasteiger partial charge in [0.15, 0.2) is 0 Å². The summed E-state index contributed by atoms with van der Waals surface area (Å²) in [5, 5.41) is 3.14. The molecule has 2 aromatic carbocycles. The molecule has 0 radical (unpaired) electrons. The molecule has 0 saturated carbocycles. The molecule has 5 nitrogen and oxygen atoms in total. The molecule has 2 aliphatic heterocycles. The fourth-order valence-corrected chi connectivity index (χ4v) is 4.49. The van der Waals surface area contributed by atoms with Gasteiger partial charge in [0.25, 0.3) is 0 Å². The van der Waals surface area contributed by atoms with Gasteiger partial charge in [0.2, 0.25) is 5.91 Å². The van der Waals surface area contributed by atoms with E-state index >= 15 is 0 Å². The van der Waals surface area contributed by atoms with Gasteiger partial charge in [-0.3, -0.25) is 4.79 Å². The van der Waals surface area contributed by atoms with Crippen molar-refractivity contribution in [3.05, 3.63) is 60.2 Å². The number of para-hydroxylation sites is 2. The first-order valence-corrected chi connectivity index (χ1v) is 10.2. The predicted molar refractivity (Wildman–Crippen MR) is 113 cm³/mol. The monoisotopic (exact) mass is 379 g/mol. The first kappa shape index (κ1) is 18.8. The van der Waals surface area contributed by atoms with E-state index in [9.17, 15) is 4.79 Å². The van der Waals surface area contributed by atoms with E-state index in [-0.39, 0.29) is 17.9 Å². The van der Waals surface area contributed by atoms with E-state index in [1.807, 2.05) is 6.07 Å². The lowest BCUT2D eigenvalue weighted by Crippen LogP contribution is -2.61. The van der Waals surface area contributed by atoms with Crippen LogP contribution in [-0.4, -0.2) is 51.8 Å². The zero-order valence-corrected chi connectivity index (χ0v) is 16.5. The minimum Gasteiger partial charge on any atom is -0.385 e. The second-order valence-electron chi connectivity index (χ2n) is 7.62. The summed E-state index contributed by atoms with van der Waals surface area (Å²) in [5.41, 5.74) is 3.81. The Hall–Kier alpha value is -2.53. The second-order valence-corrected chi connectivity index (χ2v) is 7.62. The van der Waals surface area contributed by atoms with Crippen molar-refractivity contribution in [2.45, 2.75) is 18.9 Å². The third-order valence-electron chi connectivity index (χ3n) is 5.91. The lowest BCUT2D eigenvalue weighted by atomic mass is 9.83. The molecule has 2 heterocycles. The van der Waals surface area contributed by atoms with Crippen molar-refractivity contribution in [1.29, 1.82) is 0 Å². The number of fused-ring (bicyclic) bond motifs is 3. The van der Waals surface area contributed by atoms with Crippen molar-refractivity contribution in [2.24, 2.45) is 5.92 Å². The molecule has 2 aromatic rings. The van der Waals surface area contributed by atoms with Crippen LogP contribution in [0.15, 0.2) is 54.6 Å². The van der Waals surface area contributed by atoms with E-state index in [2.05, 4.69) is 63.6 Å². The fraction of sp³-hybridized carbons (Fsp3) is 0.435. The number of benzene rings is 2. The van der Waals surface area contributed by atoms with Gasteiger partial charge in [-0.15, -0.1) is 0 Å². The Morgan fingerprint density at radius 1 is 1.11 bits per heavy atom. The molecule has 148 valence electrons. The van der Waals surface area contributed by atoms with Crippen LogP contribution in [0.3, 0.4) is 0 Å². The third-order valence-corrected chi connectivity index (χ3v) is 5.91. The summed E-state index contributed by atoms with van der Waals surface area (Å²) in [7, 11) is 1.69. The van der Waals surface area contributed by atoms with E-state index in [1.165, 1.54) is 16.9 Å². The van der Waals surface area contributed by atoms with Gasteiger partial charge in [-0.25, -0.2) is 0 Å². The molecule has 2 atom stereocenters. The highest BCUT2D eigenvalue weighted by molar-refractivity contribution is 5.82. The lowest BCUT2D eigenvalue weighted by Gasteiger charge is -2.49. The maximum Gasteiger partial charge on any atom is 0.225 e. The van der Waals surface area contributed by atoms with Gasteiger partial charge < -0.3 is 19.9 Å². The Balaban J connectivity index is 1.55. The number of methoxy groups -OCH3 is 1. The molecule has 0 aromatic heterocycles. The molecule has 0 unspecified atom stereocenters. The second kappa shape index (κ2) is 8.65. The van der Waals surface area contributed by atoms with E-state index in [0.717, 1.165) is 32.5 Å². The van der Waals surface area contributed by atoms with Crippen LogP contribution in [0.25, 0.3) is 0 Å². The number of rotatable bonds is 6. The van der Waals surface area contributed by atoms with E-state index in [4.69, 9.17) is 4.74 Å². The van der Waals surface area contributed by atoms with Crippen LogP contribution in [0, 0.1) is 5.92 Å². The Morgan fingerprint density at radius 2 is 1.89 bits per heavy atom. The van der Waals surface area contributed by atoms with E-state index in [1.54, 1.807) is 7.11 Å². The summed E-state index contributed by atoms with van der Waals surface area (Å²) in [5.74, 6) is 0.125. The molecular formula is C23H29N3O2. The molecule has 0 bridgehead atoms. The van der Waals surface area contributed by atoms with Gasteiger partial charge in [-0.2, -0.15) is 0 Å². The molecule has 1 saturated heterocycles. The van der Waals surface area contributed by atoms with Gasteiger partial charge in [0.05, 0.1) is 12.0 Å². The average molecular weight is 380 g/mol. The molecule has 0 aliphatic carbocycles. The topological polar surface area (TPSA) is 44.8 Å². The average Bonchev–Trinajstić information content (AvgIpc) is 2.76.